The molecule has 1 amide bonds. The van der Waals surface area contributed by atoms with E-state index >= 15 is 0 Å². The van der Waals surface area contributed by atoms with Crippen molar-refractivity contribution in [3.05, 3.63) is 77.0 Å². The van der Waals surface area contributed by atoms with Crippen molar-refractivity contribution >= 4 is 40.0 Å². The van der Waals surface area contributed by atoms with Crippen LogP contribution in [0.5, 0.6) is 0 Å². The van der Waals surface area contributed by atoms with Gasteiger partial charge in [0.1, 0.15) is 12.4 Å². The van der Waals surface area contributed by atoms with Gasteiger partial charge in [-0.15, -0.1) is 0 Å². The monoisotopic (exact) mass is 471 g/mol. The Hall–Kier alpha value is -4.31. The van der Waals surface area contributed by atoms with Crippen molar-refractivity contribution in [1.82, 2.24) is 19.5 Å². The summed E-state index contributed by atoms with van der Waals surface area (Å²) in [5.74, 6) is 1.06. The topological polar surface area (TPSA) is 114 Å². The van der Waals surface area contributed by atoms with Crippen LogP contribution in [0.3, 0.4) is 0 Å². The Labute approximate surface area is 201 Å². The molecule has 10 heteroatoms. The predicted octanol–water partition coefficient (Wildman–Crippen LogP) is 2.71. The third kappa shape index (κ3) is 5.28. The van der Waals surface area contributed by atoms with Crippen LogP contribution in [0.15, 0.2) is 65.7 Å². The molecule has 0 bridgehead atoms. The van der Waals surface area contributed by atoms with Gasteiger partial charge >= 0.3 is 0 Å². The van der Waals surface area contributed by atoms with E-state index in [1.54, 1.807) is 30.3 Å². The van der Waals surface area contributed by atoms with Crippen molar-refractivity contribution in [2.75, 3.05) is 41.8 Å². The molecule has 1 saturated heterocycles. The largest absolute Gasteiger partial charge is 0.378 e. The first-order valence-corrected chi connectivity index (χ1v) is 11.3. The van der Waals surface area contributed by atoms with E-state index in [2.05, 4.69) is 30.5 Å². The second kappa shape index (κ2) is 9.90. The number of hydrogen-bond donors (Lipinski definition) is 2. The molecule has 178 valence electrons. The summed E-state index contributed by atoms with van der Waals surface area (Å²) in [6.45, 7) is 4.67. The van der Waals surface area contributed by atoms with E-state index in [-0.39, 0.29) is 18.0 Å². The molecule has 1 fully saturated rings. The zero-order valence-corrected chi connectivity index (χ0v) is 19.3. The molecule has 2 aromatic heterocycles. The highest BCUT2D eigenvalue weighted by molar-refractivity contribution is 5.91. The molecular weight excluding hydrogens is 446 g/mol. The highest BCUT2D eigenvalue weighted by Gasteiger charge is 2.15. The van der Waals surface area contributed by atoms with Crippen molar-refractivity contribution in [3.8, 4) is 0 Å². The number of aryl methyl sites for hydroxylation is 1. The molecule has 35 heavy (non-hydrogen) atoms. The molecule has 2 aromatic carbocycles. The van der Waals surface area contributed by atoms with Crippen LogP contribution >= 0.6 is 0 Å². The van der Waals surface area contributed by atoms with Crippen LogP contribution in [-0.4, -0.2) is 51.7 Å². The van der Waals surface area contributed by atoms with Gasteiger partial charge in [-0.25, -0.2) is 9.97 Å². The average molecular weight is 472 g/mol. The van der Waals surface area contributed by atoms with Crippen LogP contribution in [0.1, 0.15) is 5.69 Å². The fourth-order valence-electron chi connectivity index (χ4n) is 3.88. The van der Waals surface area contributed by atoms with E-state index in [4.69, 9.17) is 4.74 Å². The van der Waals surface area contributed by atoms with Gasteiger partial charge in [-0.05, 0) is 43.3 Å². The number of fused-ring (bicyclic) bond motifs is 1. The lowest BCUT2D eigenvalue weighted by molar-refractivity contribution is -0.116. The van der Waals surface area contributed by atoms with Crippen molar-refractivity contribution in [2.45, 2.75) is 13.5 Å². The summed E-state index contributed by atoms with van der Waals surface area (Å²) in [5.41, 5.74) is 2.67. The Morgan fingerprint density at radius 3 is 2.57 bits per heavy atom. The molecule has 0 radical (unpaired) electrons. The van der Waals surface area contributed by atoms with Gasteiger partial charge in [0, 0.05) is 36.2 Å². The van der Waals surface area contributed by atoms with Crippen molar-refractivity contribution in [2.24, 2.45) is 0 Å². The standard InChI is InChI=1S/C25H25N7O3/c1-17-14-22(30-25(27-17)31-10-12-35-13-11-31)28-18-6-8-19(9-7-18)29-23(33)15-32-16-26-21-5-3-2-4-20(21)24(32)34/h2-9,14,16H,10-13,15H2,1H3,(H,29,33)(H,27,28,30). The summed E-state index contributed by atoms with van der Waals surface area (Å²) in [7, 11) is 0. The number of amides is 1. The van der Waals surface area contributed by atoms with E-state index in [1.165, 1.54) is 10.9 Å². The lowest BCUT2D eigenvalue weighted by Gasteiger charge is -2.27. The summed E-state index contributed by atoms with van der Waals surface area (Å²) in [5, 5.41) is 6.59. The molecule has 1 aliphatic heterocycles. The molecule has 4 aromatic rings. The van der Waals surface area contributed by atoms with Crippen LogP contribution in [0.4, 0.5) is 23.1 Å². The minimum absolute atomic E-state index is 0.124. The second-order valence-corrected chi connectivity index (χ2v) is 8.24. The molecule has 0 aliphatic carbocycles. The maximum Gasteiger partial charge on any atom is 0.261 e. The smallest absolute Gasteiger partial charge is 0.261 e. The number of hydrogen-bond acceptors (Lipinski definition) is 8. The molecule has 0 saturated carbocycles. The summed E-state index contributed by atoms with van der Waals surface area (Å²) < 4.78 is 6.71. The van der Waals surface area contributed by atoms with Crippen LogP contribution in [-0.2, 0) is 16.1 Å². The molecule has 10 nitrogen and oxygen atoms in total. The van der Waals surface area contributed by atoms with Gasteiger partial charge in [-0.1, -0.05) is 12.1 Å². The molecule has 2 N–H and O–H groups in total. The van der Waals surface area contributed by atoms with Crippen LogP contribution in [0.2, 0.25) is 0 Å². The van der Waals surface area contributed by atoms with Crippen LogP contribution in [0, 0.1) is 6.92 Å². The Bertz CT molecular complexity index is 1410. The second-order valence-electron chi connectivity index (χ2n) is 8.24. The number of benzene rings is 2. The molecule has 3 heterocycles. The van der Waals surface area contributed by atoms with E-state index in [0.717, 1.165) is 24.5 Å². The third-order valence-electron chi connectivity index (χ3n) is 5.62. The number of anilines is 4. The maximum atomic E-state index is 12.6. The SMILES string of the molecule is Cc1cc(Nc2ccc(NC(=O)Cn3cnc4ccccc4c3=O)cc2)nc(N2CCOCC2)n1. The Balaban J connectivity index is 1.23. The molecule has 0 spiro atoms. The highest BCUT2D eigenvalue weighted by Crippen LogP contribution is 2.21. The van der Waals surface area contributed by atoms with Gasteiger partial charge in [0.15, 0.2) is 0 Å². The predicted molar refractivity (Wildman–Crippen MR) is 134 cm³/mol. The molecule has 5 rings (SSSR count). The van der Waals surface area contributed by atoms with Gasteiger partial charge in [0.25, 0.3) is 5.56 Å². The lowest BCUT2D eigenvalue weighted by atomic mass is 10.2. The van der Waals surface area contributed by atoms with Gasteiger partial charge < -0.3 is 20.3 Å². The minimum Gasteiger partial charge on any atom is -0.378 e. The minimum atomic E-state index is -0.313. The maximum absolute atomic E-state index is 12.6. The zero-order chi connectivity index (χ0) is 24.2. The molecular formula is C25H25N7O3. The summed E-state index contributed by atoms with van der Waals surface area (Å²) in [6.07, 6.45) is 1.39. The number of morpholine rings is 1. The number of nitrogens with one attached hydrogen (secondary N) is 2. The first kappa shape index (κ1) is 22.5. The zero-order valence-electron chi connectivity index (χ0n) is 19.3. The fourth-order valence-corrected chi connectivity index (χ4v) is 3.88. The number of aromatic nitrogens is 4. The molecule has 0 unspecified atom stereocenters. The number of ether oxygens (including phenoxy) is 1. The van der Waals surface area contributed by atoms with Crippen molar-refractivity contribution in [3.63, 3.8) is 0 Å². The third-order valence-corrected chi connectivity index (χ3v) is 5.62. The number of nitrogens with zero attached hydrogens (tertiary/aromatic N) is 5. The highest BCUT2D eigenvalue weighted by atomic mass is 16.5. The first-order valence-electron chi connectivity index (χ1n) is 11.3. The summed E-state index contributed by atoms with van der Waals surface area (Å²) >= 11 is 0. The van der Waals surface area contributed by atoms with Crippen molar-refractivity contribution in [1.29, 1.82) is 0 Å². The van der Waals surface area contributed by atoms with E-state index in [9.17, 15) is 9.59 Å². The van der Waals surface area contributed by atoms with E-state index in [0.29, 0.717) is 41.6 Å². The summed E-state index contributed by atoms with van der Waals surface area (Å²) in [4.78, 5) is 40.7. The first-order chi connectivity index (χ1) is 17.0. The van der Waals surface area contributed by atoms with E-state index < -0.39 is 0 Å². The normalized spacial score (nSPS) is 13.6. The molecule has 0 atom stereocenters. The van der Waals surface area contributed by atoms with Crippen molar-refractivity contribution < 1.29 is 9.53 Å². The fraction of sp³-hybridized carbons (Fsp3) is 0.240. The van der Waals surface area contributed by atoms with Gasteiger partial charge in [0.05, 0.1) is 30.4 Å². The van der Waals surface area contributed by atoms with E-state index in [1.807, 2.05) is 31.2 Å². The summed E-state index contributed by atoms with van der Waals surface area (Å²) in [6, 6.07) is 16.2. The number of carbonyl (C=O) groups excluding carboxylic acids is 1. The number of carbonyl (C=O) groups is 1. The lowest BCUT2D eigenvalue weighted by Crippen LogP contribution is -2.37. The van der Waals surface area contributed by atoms with Gasteiger partial charge in [-0.3, -0.25) is 14.2 Å². The van der Waals surface area contributed by atoms with Gasteiger partial charge in [0.2, 0.25) is 11.9 Å². The quantitative estimate of drug-likeness (QED) is 0.441. The van der Waals surface area contributed by atoms with Crippen LogP contribution < -0.4 is 21.1 Å². The Morgan fingerprint density at radius 1 is 1.03 bits per heavy atom. The van der Waals surface area contributed by atoms with Gasteiger partial charge in [-0.2, -0.15) is 4.98 Å². The Kier molecular flexibility index (Phi) is 6.36. The average Bonchev–Trinajstić information content (AvgIpc) is 2.87. The van der Waals surface area contributed by atoms with Crippen LogP contribution in [0.25, 0.3) is 10.9 Å². The Morgan fingerprint density at radius 2 is 1.77 bits per heavy atom. The number of rotatable bonds is 6. The molecule has 1 aliphatic rings. The number of para-hydroxylation sites is 1.